The number of carbonyl (C=O) groups is 1. The number of hydrazone groups is 1. The number of para-hydroxylation sites is 1. The van der Waals surface area contributed by atoms with Gasteiger partial charge in [-0.1, -0.05) is 32.0 Å². The molecule has 2 rings (SSSR count). The Morgan fingerprint density at radius 1 is 1.28 bits per heavy atom. The van der Waals surface area contributed by atoms with E-state index in [0.717, 1.165) is 12.0 Å². The lowest BCUT2D eigenvalue weighted by molar-refractivity contribution is -0.123. The highest BCUT2D eigenvalue weighted by atomic mass is 16.5. The molecule has 0 bridgehead atoms. The Hall–Kier alpha value is -3.02. The number of nitrogens with zero attached hydrogens (tertiary/aromatic N) is 1. The molecule has 132 valence electrons. The van der Waals surface area contributed by atoms with Gasteiger partial charge < -0.3 is 14.9 Å². The first kappa shape index (κ1) is 18.3. The first-order valence-electron chi connectivity index (χ1n) is 8.06. The van der Waals surface area contributed by atoms with Crippen LogP contribution in [0.2, 0.25) is 0 Å². The lowest BCUT2D eigenvalue weighted by atomic mass is 9.98. The van der Waals surface area contributed by atoms with Gasteiger partial charge in [0.05, 0.1) is 6.21 Å². The highest BCUT2D eigenvalue weighted by Gasteiger charge is 2.10. The van der Waals surface area contributed by atoms with Crippen LogP contribution in [0, 0.1) is 0 Å². The number of hydrogen-bond acceptors (Lipinski definition) is 5. The SMILES string of the molecule is CC[C@H](C)c1ccccc1OCC(=O)N/N=C/c1ccc(O)cc1O. The van der Waals surface area contributed by atoms with E-state index in [4.69, 9.17) is 4.74 Å². The third-order valence-corrected chi connectivity index (χ3v) is 3.83. The smallest absolute Gasteiger partial charge is 0.277 e. The van der Waals surface area contributed by atoms with Crippen LogP contribution < -0.4 is 10.2 Å². The van der Waals surface area contributed by atoms with Crippen molar-refractivity contribution in [3.05, 3.63) is 53.6 Å². The van der Waals surface area contributed by atoms with Gasteiger partial charge in [-0.2, -0.15) is 5.10 Å². The fourth-order valence-corrected chi connectivity index (χ4v) is 2.23. The highest BCUT2D eigenvalue weighted by molar-refractivity contribution is 5.85. The average Bonchev–Trinajstić information content (AvgIpc) is 2.61. The number of phenolic OH excluding ortho intramolecular Hbond substituents is 2. The van der Waals surface area contributed by atoms with Crippen LogP contribution in [0.5, 0.6) is 17.2 Å². The van der Waals surface area contributed by atoms with E-state index in [1.54, 1.807) is 0 Å². The number of benzene rings is 2. The average molecular weight is 342 g/mol. The standard InChI is InChI=1S/C19H22N2O4/c1-3-13(2)16-6-4-5-7-18(16)25-12-19(24)21-20-11-14-8-9-15(22)10-17(14)23/h4-11,13,22-23H,3,12H2,1-2H3,(H,21,24)/b20-11+/t13-/m0/s1. The van der Waals surface area contributed by atoms with E-state index in [2.05, 4.69) is 24.4 Å². The number of carbonyl (C=O) groups excluding carboxylic acids is 1. The predicted octanol–water partition coefficient (Wildman–Crippen LogP) is 3.14. The molecule has 0 heterocycles. The topological polar surface area (TPSA) is 91.2 Å². The molecule has 0 aromatic heterocycles. The largest absolute Gasteiger partial charge is 0.508 e. The normalized spacial score (nSPS) is 12.1. The molecule has 2 aromatic carbocycles. The maximum absolute atomic E-state index is 11.8. The maximum atomic E-state index is 11.8. The number of phenols is 2. The summed E-state index contributed by atoms with van der Waals surface area (Å²) >= 11 is 0. The van der Waals surface area contributed by atoms with Crippen molar-refractivity contribution in [2.24, 2.45) is 5.10 Å². The molecular weight excluding hydrogens is 320 g/mol. The van der Waals surface area contributed by atoms with E-state index in [-0.39, 0.29) is 18.1 Å². The van der Waals surface area contributed by atoms with Crippen molar-refractivity contribution in [3.8, 4) is 17.2 Å². The molecule has 1 amide bonds. The van der Waals surface area contributed by atoms with Crippen LogP contribution in [-0.2, 0) is 4.79 Å². The summed E-state index contributed by atoms with van der Waals surface area (Å²) in [5.41, 5.74) is 3.78. The number of amides is 1. The van der Waals surface area contributed by atoms with Crippen molar-refractivity contribution < 1.29 is 19.7 Å². The third kappa shape index (κ3) is 5.24. The number of rotatable bonds is 7. The van der Waals surface area contributed by atoms with Crippen molar-refractivity contribution in [2.75, 3.05) is 6.61 Å². The van der Waals surface area contributed by atoms with Crippen LogP contribution >= 0.6 is 0 Å². The molecule has 0 spiro atoms. The molecule has 0 saturated heterocycles. The summed E-state index contributed by atoms with van der Waals surface area (Å²) in [5, 5.41) is 22.6. The van der Waals surface area contributed by atoms with E-state index in [0.29, 0.717) is 17.2 Å². The molecular formula is C19H22N2O4. The third-order valence-electron chi connectivity index (χ3n) is 3.83. The molecule has 0 aliphatic rings. The van der Waals surface area contributed by atoms with Gasteiger partial charge in [0.1, 0.15) is 17.2 Å². The molecule has 6 heteroatoms. The van der Waals surface area contributed by atoms with E-state index < -0.39 is 5.91 Å². The van der Waals surface area contributed by atoms with Crippen LogP contribution in [0.3, 0.4) is 0 Å². The van der Waals surface area contributed by atoms with Crippen molar-refractivity contribution in [3.63, 3.8) is 0 Å². The van der Waals surface area contributed by atoms with Gasteiger partial charge in [-0.15, -0.1) is 0 Å². The van der Waals surface area contributed by atoms with Crippen molar-refractivity contribution in [1.82, 2.24) is 5.43 Å². The van der Waals surface area contributed by atoms with E-state index in [9.17, 15) is 15.0 Å². The maximum Gasteiger partial charge on any atom is 0.277 e. The zero-order valence-corrected chi connectivity index (χ0v) is 14.3. The van der Waals surface area contributed by atoms with Crippen molar-refractivity contribution >= 4 is 12.1 Å². The number of hydrogen-bond donors (Lipinski definition) is 3. The molecule has 0 aliphatic carbocycles. The summed E-state index contributed by atoms with van der Waals surface area (Å²) < 4.78 is 5.60. The molecule has 0 saturated carbocycles. The molecule has 0 unspecified atom stereocenters. The molecule has 0 aliphatic heterocycles. The highest BCUT2D eigenvalue weighted by Crippen LogP contribution is 2.28. The second kappa shape index (κ2) is 8.73. The Labute approximate surface area is 146 Å². The second-order valence-electron chi connectivity index (χ2n) is 5.67. The summed E-state index contributed by atoms with van der Waals surface area (Å²) in [6, 6.07) is 11.7. The van der Waals surface area contributed by atoms with Crippen molar-refractivity contribution in [2.45, 2.75) is 26.2 Å². The van der Waals surface area contributed by atoms with Crippen molar-refractivity contribution in [1.29, 1.82) is 0 Å². The minimum Gasteiger partial charge on any atom is -0.508 e. The first-order chi connectivity index (χ1) is 12.0. The van der Waals surface area contributed by atoms with Crippen LogP contribution in [0.15, 0.2) is 47.6 Å². The Balaban J connectivity index is 1.90. The Morgan fingerprint density at radius 2 is 2.04 bits per heavy atom. The van der Waals surface area contributed by atoms with Gasteiger partial charge in [0.15, 0.2) is 6.61 Å². The minimum absolute atomic E-state index is 0.0490. The second-order valence-corrected chi connectivity index (χ2v) is 5.67. The first-order valence-corrected chi connectivity index (χ1v) is 8.06. The molecule has 1 atom stereocenters. The van der Waals surface area contributed by atoms with Gasteiger partial charge in [-0.25, -0.2) is 5.43 Å². The summed E-state index contributed by atoms with van der Waals surface area (Å²) in [6.45, 7) is 4.05. The summed E-state index contributed by atoms with van der Waals surface area (Å²) in [5.74, 6) is 0.444. The van der Waals surface area contributed by atoms with Gasteiger partial charge in [-0.3, -0.25) is 4.79 Å². The van der Waals surface area contributed by atoms with Gasteiger partial charge in [0, 0.05) is 11.6 Å². The molecule has 3 N–H and O–H groups in total. The van der Waals surface area contributed by atoms with Gasteiger partial charge >= 0.3 is 0 Å². The van der Waals surface area contributed by atoms with Crippen LogP contribution in [-0.4, -0.2) is 28.9 Å². The summed E-state index contributed by atoms with van der Waals surface area (Å²) in [4.78, 5) is 11.8. The summed E-state index contributed by atoms with van der Waals surface area (Å²) in [7, 11) is 0. The minimum atomic E-state index is -0.409. The fourth-order valence-electron chi connectivity index (χ4n) is 2.23. The Kier molecular flexibility index (Phi) is 6.39. The molecule has 0 fully saturated rings. The fraction of sp³-hybridized carbons (Fsp3) is 0.263. The number of aromatic hydroxyl groups is 2. The summed E-state index contributed by atoms with van der Waals surface area (Å²) in [6.07, 6.45) is 2.27. The number of nitrogens with one attached hydrogen (secondary N) is 1. The Bertz CT molecular complexity index is 759. The lowest BCUT2D eigenvalue weighted by Crippen LogP contribution is -2.25. The van der Waals surface area contributed by atoms with E-state index in [1.165, 1.54) is 24.4 Å². The molecule has 6 nitrogen and oxygen atoms in total. The van der Waals surface area contributed by atoms with E-state index >= 15 is 0 Å². The van der Waals surface area contributed by atoms with E-state index in [1.807, 2.05) is 24.3 Å². The van der Waals surface area contributed by atoms with Crippen LogP contribution in [0.4, 0.5) is 0 Å². The zero-order valence-electron chi connectivity index (χ0n) is 14.3. The molecule has 0 radical (unpaired) electrons. The van der Waals surface area contributed by atoms with Gasteiger partial charge in [-0.05, 0) is 36.1 Å². The zero-order chi connectivity index (χ0) is 18.2. The molecule has 25 heavy (non-hydrogen) atoms. The lowest BCUT2D eigenvalue weighted by Gasteiger charge is -2.15. The van der Waals surface area contributed by atoms with Crippen LogP contribution in [0.1, 0.15) is 37.3 Å². The van der Waals surface area contributed by atoms with Gasteiger partial charge in [0.25, 0.3) is 5.91 Å². The quantitative estimate of drug-likeness (QED) is 0.532. The monoisotopic (exact) mass is 342 g/mol. The number of ether oxygens (including phenoxy) is 1. The van der Waals surface area contributed by atoms with Gasteiger partial charge in [0.2, 0.25) is 0 Å². The Morgan fingerprint density at radius 3 is 2.76 bits per heavy atom. The molecule has 2 aromatic rings. The predicted molar refractivity (Wildman–Crippen MR) is 96.2 cm³/mol. The van der Waals surface area contributed by atoms with Crippen LogP contribution in [0.25, 0.3) is 0 Å².